The molecule has 2 aromatic rings. The summed E-state index contributed by atoms with van der Waals surface area (Å²) in [5.41, 5.74) is 8.26. The number of hydrogen-bond donors (Lipinski definition) is 1. The van der Waals surface area contributed by atoms with Crippen LogP contribution in [0, 0.1) is 5.92 Å². The lowest BCUT2D eigenvalue weighted by molar-refractivity contribution is 0.498. The monoisotopic (exact) mass is 341 g/mol. The minimum absolute atomic E-state index is 0.0231. The van der Waals surface area contributed by atoms with Crippen molar-refractivity contribution in [3.05, 3.63) is 45.9 Å². The number of halogens is 2. The van der Waals surface area contributed by atoms with Crippen molar-refractivity contribution in [1.29, 1.82) is 0 Å². The summed E-state index contributed by atoms with van der Waals surface area (Å²) in [5.74, 6) is 0.548. The average molecular weight is 343 g/mol. The molecule has 1 atom stereocenters. The van der Waals surface area contributed by atoms with E-state index in [2.05, 4.69) is 34.8 Å². The molecular weight excluding hydrogens is 326 g/mol. The summed E-state index contributed by atoms with van der Waals surface area (Å²) in [6.45, 7) is 4.33. The Balaban J connectivity index is 2.38. The fraction of sp³-hybridized carbons (Fsp3) is 0.357. The molecule has 2 N–H and O–H groups in total. The smallest absolute Gasteiger partial charge is 0.0995 e. The Labute approximate surface area is 126 Å². The van der Waals surface area contributed by atoms with Crippen molar-refractivity contribution >= 4 is 27.5 Å². The molecule has 1 unspecified atom stereocenters. The van der Waals surface area contributed by atoms with Crippen LogP contribution in [0.4, 0.5) is 0 Å². The Morgan fingerprint density at radius 3 is 2.79 bits per heavy atom. The molecule has 3 nitrogen and oxygen atoms in total. The predicted molar refractivity (Wildman–Crippen MR) is 82.7 cm³/mol. The van der Waals surface area contributed by atoms with Gasteiger partial charge in [-0.25, -0.2) is 4.98 Å². The van der Waals surface area contributed by atoms with E-state index in [1.165, 1.54) is 0 Å². The van der Waals surface area contributed by atoms with E-state index < -0.39 is 0 Å². The van der Waals surface area contributed by atoms with Gasteiger partial charge in [-0.1, -0.05) is 25.4 Å². The lowest BCUT2D eigenvalue weighted by Gasteiger charge is -2.17. The SMILES string of the molecule is CC(C)CC(N)c1cncn1-c1ccc(Cl)cc1Br. The van der Waals surface area contributed by atoms with Crippen LogP contribution in [-0.4, -0.2) is 9.55 Å². The van der Waals surface area contributed by atoms with Crippen LogP contribution in [0.5, 0.6) is 0 Å². The summed E-state index contributed by atoms with van der Waals surface area (Å²) in [4.78, 5) is 4.22. The van der Waals surface area contributed by atoms with Crippen molar-refractivity contribution in [2.45, 2.75) is 26.3 Å². The minimum Gasteiger partial charge on any atom is -0.323 e. The van der Waals surface area contributed by atoms with Crippen molar-refractivity contribution in [3.8, 4) is 5.69 Å². The summed E-state index contributed by atoms with van der Waals surface area (Å²) in [7, 11) is 0. The maximum absolute atomic E-state index is 6.26. The van der Waals surface area contributed by atoms with Gasteiger partial charge in [0.1, 0.15) is 0 Å². The van der Waals surface area contributed by atoms with Gasteiger partial charge in [-0.3, -0.25) is 0 Å². The lowest BCUT2D eigenvalue weighted by atomic mass is 10.0. The molecule has 0 fully saturated rings. The van der Waals surface area contributed by atoms with Crippen molar-refractivity contribution in [1.82, 2.24) is 9.55 Å². The first kappa shape index (κ1) is 14.6. The first-order valence-electron chi connectivity index (χ1n) is 6.22. The molecule has 5 heteroatoms. The maximum atomic E-state index is 6.26. The van der Waals surface area contributed by atoms with Gasteiger partial charge in [0.2, 0.25) is 0 Å². The number of nitrogens with two attached hydrogens (primary N) is 1. The van der Waals surface area contributed by atoms with Crippen molar-refractivity contribution in [2.24, 2.45) is 11.7 Å². The number of imidazole rings is 1. The van der Waals surface area contributed by atoms with E-state index in [4.69, 9.17) is 17.3 Å². The van der Waals surface area contributed by atoms with E-state index in [0.29, 0.717) is 10.9 Å². The molecule has 0 saturated carbocycles. The van der Waals surface area contributed by atoms with Crippen LogP contribution < -0.4 is 5.73 Å². The summed E-state index contributed by atoms with van der Waals surface area (Å²) >= 11 is 9.50. The zero-order valence-corrected chi connectivity index (χ0v) is 13.3. The third-order valence-electron chi connectivity index (χ3n) is 2.94. The number of rotatable bonds is 4. The second-order valence-electron chi connectivity index (χ2n) is 5.02. The third kappa shape index (κ3) is 3.38. The molecule has 0 amide bonds. The topological polar surface area (TPSA) is 43.8 Å². The van der Waals surface area contributed by atoms with Gasteiger partial charge in [-0.05, 0) is 46.5 Å². The van der Waals surface area contributed by atoms with Crippen molar-refractivity contribution < 1.29 is 0 Å². The van der Waals surface area contributed by atoms with Crippen LogP contribution in [0.3, 0.4) is 0 Å². The van der Waals surface area contributed by atoms with Gasteiger partial charge in [-0.15, -0.1) is 0 Å². The van der Waals surface area contributed by atoms with Crippen LogP contribution in [0.25, 0.3) is 5.69 Å². The van der Waals surface area contributed by atoms with Crippen molar-refractivity contribution in [2.75, 3.05) is 0 Å². The highest BCUT2D eigenvalue weighted by Crippen LogP contribution is 2.28. The van der Waals surface area contributed by atoms with Gasteiger partial charge < -0.3 is 10.3 Å². The zero-order chi connectivity index (χ0) is 14.0. The maximum Gasteiger partial charge on any atom is 0.0995 e. The molecule has 19 heavy (non-hydrogen) atoms. The van der Waals surface area contributed by atoms with Crippen LogP contribution in [0.2, 0.25) is 5.02 Å². The van der Waals surface area contributed by atoms with Gasteiger partial charge in [0, 0.05) is 15.5 Å². The van der Waals surface area contributed by atoms with Gasteiger partial charge in [0.15, 0.2) is 0 Å². The van der Waals surface area contributed by atoms with Gasteiger partial charge in [-0.2, -0.15) is 0 Å². The highest BCUT2D eigenvalue weighted by atomic mass is 79.9. The first-order valence-corrected chi connectivity index (χ1v) is 7.39. The van der Waals surface area contributed by atoms with E-state index in [9.17, 15) is 0 Å². The Morgan fingerprint density at radius 1 is 1.42 bits per heavy atom. The van der Waals surface area contributed by atoms with Gasteiger partial charge >= 0.3 is 0 Å². The molecule has 102 valence electrons. The largest absolute Gasteiger partial charge is 0.323 e. The number of aromatic nitrogens is 2. The molecule has 0 saturated heterocycles. The van der Waals surface area contributed by atoms with Crippen LogP contribution in [0.1, 0.15) is 32.0 Å². The Morgan fingerprint density at radius 2 is 2.16 bits per heavy atom. The number of benzene rings is 1. The highest BCUT2D eigenvalue weighted by Gasteiger charge is 2.15. The van der Waals surface area contributed by atoms with Gasteiger partial charge in [0.25, 0.3) is 0 Å². The minimum atomic E-state index is -0.0231. The van der Waals surface area contributed by atoms with E-state index >= 15 is 0 Å². The Bertz CT molecular complexity index is 566. The molecule has 0 aliphatic heterocycles. The quantitative estimate of drug-likeness (QED) is 0.898. The number of hydrogen-bond acceptors (Lipinski definition) is 2. The van der Waals surface area contributed by atoms with E-state index in [1.54, 1.807) is 6.33 Å². The molecule has 0 bridgehead atoms. The molecular formula is C14H17BrClN3. The number of nitrogens with zero attached hydrogens (tertiary/aromatic N) is 2. The highest BCUT2D eigenvalue weighted by molar-refractivity contribution is 9.10. The van der Waals surface area contributed by atoms with E-state index in [-0.39, 0.29) is 6.04 Å². The summed E-state index contributed by atoms with van der Waals surface area (Å²) in [5, 5.41) is 0.698. The summed E-state index contributed by atoms with van der Waals surface area (Å²) in [6, 6.07) is 5.67. The fourth-order valence-corrected chi connectivity index (χ4v) is 2.96. The second kappa shape index (κ2) is 6.07. The molecule has 1 aromatic carbocycles. The molecule has 0 aliphatic carbocycles. The molecule has 0 aliphatic rings. The molecule has 0 spiro atoms. The fourth-order valence-electron chi connectivity index (χ4n) is 2.09. The third-order valence-corrected chi connectivity index (χ3v) is 3.81. The molecule has 2 rings (SSSR count). The Kier molecular flexibility index (Phi) is 4.66. The lowest BCUT2D eigenvalue weighted by Crippen LogP contribution is -2.16. The summed E-state index contributed by atoms with van der Waals surface area (Å²) in [6.07, 6.45) is 4.54. The second-order valence-corrected chi connectivity index (χ2v) is 6.31. The van der Waals surface area contributed by atoms with Crippen LogP contribution in [-0.2, 0) is 0 Å². The predicted octanol–water partition coefficient (Wildman–Crippen LogP) is 4.33. The normalized spacial score (nSPS) is 12.9. The van der Waals surface area contributed by atoms with Crippen LogP contribution >= 0.6 is 27.5 Å². The zero-order valence-electron chi connectivity index (χ0n) is 11.0. The first-order chi connectivity index (χ1) is 8.99. The molecule has 1 heterocycles. The van der Waals surface area contributed by atoms with Gasteiger partial charge in [0.05, 0.1) is 23.9 Å². The standard InChI is InChI=1S/C14H17BrClN3/c1-9(2)5-12(17)14-7-18-8-19(14)13-4-3-10(16)6-11(13)15/h3-4,6-9,12H,5,17H2,1-2H3. The van der Waals surface area contributed by atoms with Crippen molar-refractivity contribution in [3.63, 3.8) is 0 Å². The van der Waals surface area contributed by atoms with E-state index in [0.717, 1.165) is 22.3 Å². The average Bonchev–Trinajstić information content (AvgIpc) is 2.76. The van der Waals surface area contributed by atoms with Crippen LogP contribution in [0.15, 0.2) is 35.2 Å². The molecule has 1 aromatic heterocycles. The molecule has 0 radical (unpaired) electrons. The summed E-state index contributed by atoms with van der Waals surface area (Å²) < 4.78 is 2.93. The van der Waals surface area contributed by atoms with E-state index in [1.807, 2.05) is 29.0 Å². The Hall–Kier alpha value is -0.840.